The maximum atomic E-state index is 11.7. The number of Topliss-reactive ketones (excluding diaryl/α,β-unsaturated/α-hetero) is 1. The molecule has 0 aromatic heterocycles. The van der Waals surface area contributed by atoms with E-state index in [2.05, 4.69) is 6.58 Å². The molecule has 0 spiro atoms. The van der Waals surface area contributed by atoms with Crippen LogP contribution in [0.1, 0.15) is 27.7 Å². The van der Waals surface area contributed by atoms with E-state index in [1.165, 1.54) is 6.08 Å². The fraction of sp³-hybridized carbons (Fsp3) is 0.636. The van der Waals surface area contributed by atoms with Crippen LogP contribution in [0, 0.1) is 11.3 Å². The zero-order valence-corrected chi connectivity index (χ0v) is 9.29. The number of carbonyl (C=O) groups excluding carboxylic acids is 2. The highest BCUT2D eigenvalue weighted by molar-refractivity contribution is 6.06. The average molecular weight is 198 g/mol. The molecular weight excluding hydrogens is 180 g/mol. The highest BCUT2D eigenvalue weighted by atomic mass is 16.5. The molecule has 0 aromatic carbocycles. The average Bonchev–Trinajstić information content (AvgIpc) is 2.15. The van der Waals surface area contributed by atoms with Crippen molar-refractivity contribution in [2.24, 2.45) is 11.3 Å². The second kappa shape index (κ2) is 4.94. The summed E-state index contributed by atoms with van der Waals surface area (Å²) in [6.45, 7) is 10.5. The van der Waals surface area contributed by atoms with Crippen molar-refractivity contribution in [1.29, 1.82) is 0 Å². The van der Waals surface area contributed by atoms with Crippen molar-refractivity contribution >= 4 is 11.8 Å². The molecule has 0 fully saturated rings. The maximum Gasteiger partial charge on any atom is 0.323 e. The Morgan fingerprint density at radius 1 is 1.50 bits per heavy atom. The van der Waals surface area contributed by atoms with E-state index < -0.39 is 11.4 Å². The highest BCUT2D eigenvalue weighted by Gasteiger charge is 2.40. The third-order valence-corrected chi connectivity index (χ3v) is 2.14. The van der Waals surface area contributed by atoms with Gasteiger partial charge in [-0.15, -0.1) is 6.58 Å². The van der Waals surface area contributed by atoms with Crippen LogP contribution in [0.2, 0.25) is 0 Å². The number of esters is 1. The number of hydrogen-bond acceptors (Lipinski definition) is 3. The molecule has 0 bridgehead atoms. The van der Waals surface area contributed by atoms with Gasteiger partial charge in [0, 0.05) is 5.92 Å². The van der Waals surface area contributed by atoms with Crippen molar-refractivity contribution in [3.63, 3.8) is 0 Å². The molecule has 0 aliphatic carbocycles. The highest BCUT2D eigenvalue weighted by Crippen LogP contribution is 2.25. The quantitative estimate of drug-likeness (QED) is 0.385. The first-order chi connectivity index (χ1) is 6.40. The van der Waals surface area contributed by atoms with Gasteiger partial charge in [-0.05, 0) is 13.8 Å². The van der Waals surface area contributed by atoms with Gasteiger partial charge in [0.1, 0.15) is 5.41 Å². The topological polar surface area (TPSA) is 43.4 Å². The molecule has 0 aromatic rings. The number of hydrogen-bond donors (Lipinski definition) is 0. The van der Waals surface area contributed by atoms with Crippen LogP contribution in [-0.2, 0) is 14.3 Å². The standard InChI is InChI=1S/C11H18O3/c1-6-11(5,9(12)8(3)4)10(13)14-7-2/h6,8H,1,7H2,2-5H3. The van der Waals surface area contributed by atoms with Crippen LogP contribution in [0.15, 0.2) is 12.7 Å². The Hall–Kier alpha value is -1.12. The van der Waals surface area contributed by atoms with E-state index in [1.54, 1.807) is 27.7 Å². The minimum Gasteiger partial charge on any atom is -0.465 e. The van der Waals surface area contributed by atoms with Crippen LogP contribution in [0.4, 0.5) is 0 Å². The Bertz CT molecular complexity index is 243. The van der Waals surface area contributed by atoms with E-state index in [4.69, 9.17) is 4.74 Å². The van der Waals surface area contributed by atoms with Crippen molar-refractivity contribution < 1.29 is 14.3 Å². The molecule has 0 amide bonds. The monoisotopic (exact) mass is 198 g/mol. The van der Waals surface area contributed by atoms with E-state index in [-0.39, 0.29) is 18.3 Å². The lowest BCUT2D eigenvalue weighted by Crippen LogP contribution is -2.38. The van der Waals surface area contributed by atoms with E-state index >= 15 is 0 Å². The fourth-order valence-corrected chi connectivity index (χ4v) is 1.17. The van der Waals surface area contributed by atoms with E-state index in [9.17, 15) is 9.59 Å². The van der Waals surface area contributed by atoms with Crippen molar-refractivity contribution in [2.45, 2.75) is 27.7 Å². The van der Waals surface area contributed by atoms with Gasteiger partial charge in [0.05, 0.1) is 6.61 Å². The van der Waals surface area contributed by atoms with E-state index in [0.29, 0.717) is 0 Å². The summed E-state index contributed by atoms with van der Waals surface area (Å²) in [5.74, 6) is -0.887. The van der Waals surface area contributed by atoms with Crippen LogP contribution in [0.3, 0.4) is 0 Å². The Morgan fingerprint density at radius 2 is 2.00 bits per heavy atom. The molecule has 80 valence electrons. The molecule has 0 aliphatic rings. The van der Waals surface area contributed by atoms with Crippen molar-refractivity contribution in [3.8, 4) is 0 Å². The molecule has 0 saturated heterocycles. The van der Waals surface area contributed by atoms with Crippen LogP contribution >= 0.6 is 0 Å². The molecule has 3 heteroatoms. The molecule has 3 nitrogen and oxygen atoms in total. The van der Waals surface area contributed by atoms with Crippen LogP contribution in [0.5, 0.6) is 0 Å². The van der Waals surface area contributed by atoms with E-state index in [1.807, 2.05) is 0 Å². The van der Waals surface area contributed by atoms with Gasteiger partial charge in [-0.25, -0.2) is 0 Å². The van der Waals surface area contributed by atoms with Gasteiger partial charge in [-0.1, -0.05) is 19.9 Å². The Kier molecular flexibility index (Phi) is 4.54. The first kappa shape index (κ1) is 12.9. The second-order valence-corrected chi connectivity index (χ2v) is 3.65. The lowest BCUT2D eigenvalue weighted by atomic mass is 9.81. The first-order valence-electron chi connectivity index (χ1n) is 4.75. The predicted molar refractivity (Wildman–Crippen MR) is 54.8 cm³/mol. The van der Waals surface area contributed by atoms with Gasteiger partial charge in [0.25, 0.3) is 0 Å². The SMILES string of the molecule is C=CC(C)(C(=O)OCC)C(=O)C(C)C. The zero-order valence-electron chi connectivity index (χ0n) is 9.29. The Morgan fingerprint density at radius 3 is 2.29 bits per heavy atom. The van der Waals surface area contributed by atoms with Crippen molar-refractivity contribution in [3.05, 3.63) is 12.7 Å². The maximum absolute atomic E-state index is 11.7. The van der Waals surface area contributed by atoms with Gasteiger partial charge in [-0.3, -0.25) is 9.59 Å². The Balaban J connectivity index is 4.88. The summed E-state index contributed by atoms with van der Waals surface area (Å²) in [6, 6.07) is 0. The normalized spacial score (nSPS) is 14.6. The third-order valence-electron chi connectivity index (χ3n) is 2.14. The summed E-state index contributed by atoms with van der Waals surface area (Å²) in [7, 11) is 0. The minimum absolute atomic E-state index is 0.161. The molecule has 1 unspecified atom stereocenters. The van der Waals surface area contributed by atoms with Gasteiger partial charge < -0.3 is 4.74 Å². The van der Waals surface area contributed by atoms with Gasteiger partial charge in [0.15, 0.2) is 5.78 Å². The zero-order chi connectivity index (χ0) is 11.4. The number of ketones is 1. The second-order valence-electron chi connectivity index (χ2n) is 3.65. The van der Waals surface area contributed by atoms with Crippen LogP contribution < -0.4 is 0 Å². The number of carbonyl (C=O) groups is 2. The smallest absolute Gasteiger partial charge is 0.323 e. The van der Waals surface area contributed by atoms with Gasteiger partial charge >= 0.3 is 5.97 Å². The molecule has 0 saturated carbocycles. The molecule has 0 heterocycles. The summed E-state index contributed by atoms with van der Waals surface area (Å²) in [6.07, 6.45) is 1.35. The lowest BCUT2D eigenvalue weighted by Gasteiger charge is -2.23. The molecular formula is C11H18O3. The molecule has 0 rings (SSSR count). The predicted octanol–water partition coefficient (Wildman–Crippen LogP) is 1.97. The fourth-order valence-electron chi connectivity index (χ4n) is 1.17. The largest absolute Gasteiger partial charge is 0.465 e. The first-order valence-corrected chi connectivity index (χ1v) is 4.75. The molecule has 1 atom stereocenters. The van der Waals surface area contributed by atoms with E-state index in [0.717, 1.165) is 0 Å². The molecule has 0 aliphatic heterocycles. The Labute approximate surface area is 85.1 Å². The van der Waals surface area contributed by atoms with Gasteiger partial charge in [0.2, 0.25) is 0 Å². The molecule has 0 N–H and O–H groups in total. The van der Waals surface area contributed by atoms with Gasteiger partial charge in [-0.2, -0.15) is 0 Å². The van der Waals surface area contributed by atoms with Crippen LogP contribution in [-0.4, -0.2) is 18.4 Å². The summed E-state index contributed by atoms with van der Waals surface area (Å²) >= 11 is 0. The van der Waals surface area contributed by atoms with Crippen molar-refractivity contribution in [2.75, 3.05) is 6.61 Å². The lowest BCUT2D eigenvalue weighted by molar-refractivity contribution is -0.156. The summed E-state index contributed by atoms with van der Waals surface area (Å²) in [5, 5.41) is 0. The summed E-state index contributed by atoms with van der Waals surface area (Å²) in [5.41, 5.74) is -1.20. The van der Waals surface area contributed by atoms with Crippen molar-refractivity contribution in [1.82, 2.24) is 0 Å². The number of ether oxygens (including phenoxy) is 1. The summed E-state index contributed by atoms with van der Waals surface area (Å²) < 4.78 is 4.84. The minimum atomic E-state index is -1.20. The summed E-state index contributed by atoms with van der Waals surface area (Å²) in [4.78, 5) is 23.3. The number of rotatable bonds is 5. The molecule has 14 heavy (non-hydrogen) atoms. The molecule has 0 radical (unpaired) electrons. The third kappa shape index (κ3) is 2.44. The van der Waals surface area contributed by atoms with Crippen LogP contribution in [0.25, 0.3) is 0 Å².